The molecule has 6 heteroatoms. The molecule has 0 unspecified atom stereocenters. The van der Waals surface area contributed by atoms with Gasteiger partial charge in [-0.1, -0.05) is 24.6 Å². The third kappa shape index (κ3) is 4.26. The zero-order chi connectivity index (χ0) is 17.8. The van der Waals surface area contributed by atoms with E-state index in [2.05, 4.69) is 39.2 Å². The third-order valence-electron chi connectivity index (χ3n) is 4.41. The average molecular weight is 339 g/mol. The molecule has 1 aromatic carbocycles. The van der Waals surface area contributed by atoms with Crippen molar-refractivity contribution in [1.29, 1.82) is 0 Å². The lowest BCUT2D eigenvalue weighted by Gasteiger charge is -2.35. The van der Waals surface area contributed by atoms with Crippen molar-refractivity contribution in [2.75, 3.05) is 36.4 Å². The smallest absolute Gasteiger partial charge is 0.222 e. The highest BCUT2D eigenvalue weighted by atomic mass is 16.2. The Hall–Kier alpha value is -2.63. The summed E-state index contributed by atoms with van der Waals surface area (Å²) >= 11 is 0. The van der Waals surface area contributed by atoms with Gasteiger partial charge in [0, 0.05) is 44.4 Å². The molecule has 3 rings (SSSR count). The van der Waals surface area contributed by atoms with E-state index in [9.17, 15) is 4.79 Å². The second-order valence-corrected chi connectivity index (χ2v) is 6.37. The molecule has 6 nitrogen and oxygen atoms in total. The maximum Gasteiger partial charge on any atom is 0.222 e. The Morgan fingerprint density at radius 2 is 1.76 bits per heavy atom. The van der Waals surface area contributed by atoms with Crippen molar-refractivity contribution in [1.82, 2.24) is 14.9 Å². The van der Waals surface area contributed by atoms with E-state index in [1.54, 1.807) is 0 Å². The minimum absolute atomic E-state index is 0.222. The number of carbonyl (C=O) groups is 1. The SMILES string of the molecule is CCC(=O)N1CCN(c2cc(Nc3ccc(C)cc3)nc(C)n2)CC1. The van der Waals surface area contributed by atoms with Gasteiger partial charge in [0.2, 0.25) is 5.91 Å². The Balaban J connectivity index is 1.71. The first-order valence-corrected chi connectivity index (χ1v) is 8.77. The van der Waals surface area contributed by atoms with Crippen molar-refractivity contribution in [2.45, 2.75) is 27.2 Å². The summed E-state index contributed by atoms with van der Waals surface area (Å²) in [7, 11) is 0. The van der Waals surface area contributed by atoms with E-state index >= 15 is 0 Å². The van der Waals surface area contributed by atoms with Crippen LogP contribution in [0.25, 0.3) is 0 Å². The van der Waals surface area contributed by atoms with Gasteiger partial charge in [-0.15, -0.1) is 0 Å². The molecule has 132 valence electrons. The van der Waals surface area contributed by atoms with E-state index in [1.165, 1.54) is 5.56 Å². The molecule has 1 aliphatic rings. The number of hydrogen-bond donors (Lipinski definition) is 1. The zero-order valence-electron chi connectivity index (χ0n) is 15.1. The fourth-order valence-electron chi connectivity index (χ4n) is 2.97. The molecule has 1 aromatic heterocycles. The maximum atomic E-state index is 11.8. The second-order valence-electron chi connectivity index (χ2n) is 6.37. The molecule has 0 saturated carbocycles. The van der Waals surface area contributed by atoms with Crippen molar-refractivity contribution in [3.05, 3.63) is 41.7 Å². The highest BCUT2D eigenvalue weighted by molar-refractivity contribution is 5.76. The van der Waals surface area contributed by atoms with Crippen LogP contribution in [0.2, 0.25) is 0 Å². The first kappa shape index (κ1) is 17.2. The van der Waals surface area contributed by atoms with Crippen LogP contribution in [0.1, 0.15) is 24.7 Å². The molecule has 2 heterocycles. The van der Waals surface area contributed by atoms with Crippen LogP contribution in [0.15, 0.2) is 30.3 Å². The summed E-state index contributed by atoms with van der Waals surface area (Å²) in [6, 6.07) is 10.2. The molecule has 1 aliphatic heterocycles. The monoisotopic (exact) mass is 339 g/mol. The van der Waals surface area contributed by atoms with Gasteiger partial charge >= 0.3 is 0 Å². The van der Waals surface area contributed by atoms with Gasteiger partial charge in [-0.05, 0) is 26.0 Å². The van der Waals surface area contributed by atoms with E-state index in [0.717, 1.165) is 49.3 Å². The molecule has 0 aliphatic carbocycles. The Kier molecular flexibility index (Phi) is 5.16. The first-order valence-electron chi connectivity index (χ1n) is 8.77. The topological polar surface area (TPSA) is 61.4 Å². The molecule has 0 atom stereocenters. The van der Waals surface area contributed by atoms with Gasteiger partial charge in [0.1, 0.15) is 17.5 Å². The molecule has 2 aromatic rings. The van der Waals surface area contributed by atoms with Crippen LogP contribution < -0.4 is 10.2 Å². The summed E-state index contributed by atoms with van der Waals surface area (Å²) in [6.07, 6.45) is 0.567. The van der Waals surface area contributed by atoms with Crippen molar-refractivity contribution in [3.8, 4) is 0 Å². The Morgan fingerprint density at radius 3 is 2.40 bits per heavy atom. The van der Waals surface area contributed by atoms with Crippen molar-refractivity contribution in [2.24, 2.45) is 0 Å². The van der Waals surface area contributed by atoms with Crippen LogP contribution in [-0.4, -0.2) is 47.0 Å². The lowest BCUT2D eigenvalue weighted by Crippen LogP contribution is -2.48. The lowest BCUT2D eigenvalue weighted by atomic mass is 10.2. The van der Waals surface area contributed by atoms with Crippen LogP contribution in [0.5, 0.6) is 0 Å². The number of nitrogens with zero attached hydrogens (tertiary/aromatic N) is 4. The number of carbonyl (C=O) groups excluding carboxylic acids is 1. The quantitative estimate of drug-likeness (QED) is 0.928. The van der Waals surface area contributed by atoms with Crippen LogP contribution in [0, 0.1) is 13.8 Å². The number of benzene rings is 1. The standard InChI is InChI=1S/C19H25N5O/c1-4-19(25)24-11-9-23(10-12-24)18-13-17(20-15(3)21-18)22-16-7-5-14(2)6-8-16/h5-8,13H,4,9-12H2,1-3H3,(H,20,21,22). The number of aromatic nitrogens is 2. The first-order chi connectivity index (χ1) is 12.0. The number of aryl methyl sites for hydroxylation is 2. The molecule has 1 fully saturated rings. The zero-order valence-corrected chi connectivity index (χ0v) is 15.1. The van der Waals surface area contributed by atoms with Gasteiger partial charge in [0.25, 0.3) is 0 Å². The molecular weight excluding hydrogens is 314 g/mol. The summed E-state index contributed by atoms with van der Waals surface area (Å²) < 4.78 is 0. The number of piperazine rings is 1. The molecule has 25 heavy (non-hydrogen) atoms. The lowest BCUT2D eigenvalue weighted by molar-refractivity contribution is -0.131. The fraction of sp³-hybridized carbons (Fsp3) is 0.421. The van der Waals surface area contributed by atoms with Gasteiger partial charge in [0.15, 0.2) is 0 Å². The molecule has 0 bridgehead atoms. The van der Waals surface area contributed by atoms with Crippen LogP contribution in [0.4, 0.5) is 17.3 Å². The molecule has 0 radical (unpaired) electrons. The molecule has 1 saturated heterocycles. The Labute approximate surface area is 148 Å². The van der Waals surface area contributed by atoms with E-state index in [4.69, 9.17) is 0 Å². The van der Waals surface area contributed by atoms with Gasteiger partial charge in [-0.3, -0.25) is 4.79 Å². The van der Waals surface area contributed by atoms with Crippen molar-refractivity contribution in [3.63, 3.8) is 0 Å². The average Bonchev–Trinajstić information content (AvgIpc) is 2.62. The largest absolute Gasteiger partial charge is 0.353 e. The summed E-state index contributed by atoms with van der Waals surface area (Å²) in [5.74, 6) is 2.66. The van der Waals surface area contributed by atoms with Crippen molar-refractivity contribution >= 4 is 23.2 Å². The highest BCUT2D eigenvalue weighted by Gasteiger charge is 2.21. The molecule has 1 N–H and O–H groups in total. The van der Waals surface area contributed by atoms with E-state index < -0.39 is 0 Å². The van der Waals surface area contributed by atoms with Crippen LogP contribution >= 0.6 is 0 Å². The predicted molar refractivity (Wildman–Crippen MR) is 100 cm³/mol. The van der Waals surface area contributed by atoms with Gasteiger partial charge in [-0.2, -0.15) is 0 Å². The number of nitrogens with one attached hydrogen (secondary N) is 1. The Morgan fingerprint density at radius 1 is 1.08 bits per heavy atom. The molecule has 0 spiro atoms. The van der Waals surface area contributed by atoms with E-state index in [1.807, 2.05) is 36.9 Å². The van der Waals surface area contributed by atoms with Crippen LogP contribution in [-0.2, 0) is 4.79 Å². The maximum absolute atomic E-state index is 11.8. The fourth-order valence-corrected chi connectivity index (χ4v) is 2.97. The predicted octanol–water partition coefficient (Wildman–Crippen LogP) is 2.90. The van der Waals surface area contributed by atoms with Gasteiger partial charge < -0.3 is 15.1 Å². The minimum Gasteiger partial charge on any atom is -0.353 e. The number of amides is 1. The Bertz CT molecular complexity index is 736. The number of hydrogen-bond acceptors (Lipinski definition) is 5. The summed E-state index contributed by atoms with van der Waals surface area (Å²) in [5.41, 5.74) is 2.23. The number of anilines is 3. The van der Waals surface area contributed by atoms with Gasteiger partial charge in [0.05, 0.1) is 0 Å². The van der Waals surface area contributed by atoms with Crippen molar-refractivity contribution < 1.29 is 4.79 Å². The summed E-state index contributed by atoms with van der Waals surface area (Å²) in [5, 5.41) is 3.35. The second kappa shape index (κ2) is 7.51. The highest BCUT2D eigenvalue weighted by Crippen LogP contribution is 2.21. The van der Waals surface area contributed by atoms with E-state index in [-0.39, 0.29) is 5.91 Å². The summed E-state index contributed by atoms with van der Waals surface area (Å²) in [6.45, 7) is 8.97. The molecule has 1 amide bonds. The van der Waals surface area contributed by atoms with E-state index in [0.29, 0.717) is 6.42 Å². The van der Waals surface area contributed by atoms with Crippen LogP contribution in [0.3, 0.4) is 0 Å². The third-order valence-corrected chi connectivity index (χ3v) is 4.41. The summed E-state index contributed by atoms with van der Waals surface area (Å²) in [4.78, 5) is 25.0. The normalized spacial score (nSPS) is 14.5. The minimum atomic E-state index is 0.222. The number of rotatable bonds is 4. The molecular formula is C19H25N5O. The van der Waals surface area contributed by atoms with Gasteiger partial charge in [-0.25, -0.2) is 9.97 Å².